The number of hydrogen-bond acceptors (Lipinski definition) is 5. The smallest absolute Gasteiger partial charge is 0.137 e. The maximum Gasteiger partial charge on any atom is 0.137 e. The number of fused-ring (bicyclic) bond motifs is 1. The molecule has 6 heteroatoms. The van der Waals surface area contributed by atoms with Gasteiger partial charge in [-0.05, 0) is 64.0 Å². The standard InChI is InChI=1S/C21H29N5O/c1-21(2,25(3)4)20(24)26-13-14(9-12-19(26)23)27-18-11-10-17(22)15-7-5-6-8-16(15)18/h5-9,12-13,17-18,23-24H,10-11,22H2,1-4H3. The van der Waals surface area contributed by atoms with Crippen LogP contribution in [-0.4, -0.2) is 34.9 Å². The van der Waals surface area contributed by atoms with Crippen molar-refractivity contribution < 1.29 is 4.74 Å². The van der Waals surface area contributed by atoms with Crippen LogP contribution >= 0.6 is 0 Å². The first-order chi connectivity index (χ1) is 12.7. The summed E-state index contributed by atoms with van der Waals surface area (Å²) in [5, 5.41) is 16.8. The highest BCUT2D eigenvalue weighted by atomic mass is 16.5. The highest BCUT2D eigenvalue weighted by Crippen LogP contribution is 2.37. The quantitative estimate of drug-likeness (QED) is 0.573. The molecule has 2 atom stereocenters. The largest absolute Gasteiger partial charge is 0.484 e. The average Bonchev–Trinajstić information content (AvgIpc) is 2.65. The number of nitrogens with one attached hydrogen (secondary N) is 2. The number of rotatable bonds is 4. The molecule has 6 nitrogen and oxygen atoms in total. The lowest BCUT2D eigenvalue weighted by Gasteiger charge is -2.34. The first kappa shape index (κ1) is 19.3. The zero-order valence-electron chi connectivity index (χ0n) is 16.5. The Bertz CT molecular complexity index is 899. The summed E-state index contributed by atoms with van der Waals surface area (Å²) in [4.78, 5) is 1.97. The minimum atomic E-state index is -0.511. The van der Waals surface area contributed by atoms with Gasteiger partial charge in [0.1, 0.15) is 23.2 Å². The van der Waals surface area contributed by atoms with Gasteiger partial charge in [0.25, 0.3) is 0 Å². The summed E-state index contributed by atoms with van der Waals surface area (Å²) in [6.45, 7) is 3.93. The Hall–Kier alpha value is -2.44. The minimum absolute atomic E-state index is 0.0515. The van der Waals surface area contributed by atoms with E-state index in [0.29, 0.717) is 11.6 Å². The Labute approximate surface area is 160 Å². The Morgan fingerprint density at radius 1 is 1.15 bits per heavy atom. The summed E-state index contributed by atoms with van der Waals surface area (Å²) in [6.07, 6.45) is 3.40. The van der Waals surface area contributed by atoms with Crippen LogP contribution in [0.4, 0.5) is 0 Å². The lowest BCUT2D eigenvalue weighted by atomic mass is 9.86. The zero-order valence-corrected chi connectivity index (χ0v) is 16.5. The predicted octanol–water partition coefficient (Wildman–Crippen LogP) is 3.05. The molecule has 0 radical (unpaired) electrons. The second-order valence-corrected chi connectivity index (χ2v) is 7.84. The molecule has 0 saturated carbocycles. The van der Waals surface area contributed by atoms with Crippen LogP contribution in [0.15, 0.2) is 42.6 Å². The number of nitrogens with two attached hydrogens (primary N) is 1. The van der Waals surface area contributed by atoms with Crippen LogP contribution in [0.2, 0.25) is 0 Å². The van der Waals surface area contributed by atoms with E-state index in [1.807, 2.05) is 45.0 Å². The molecule has 1 aliphatic carbocycles. The molecule has 27 heavy (non-hydrogen) atoms. The Morgan fingerprint density at radius 2 is 1.81 bits per heavy atom. The summed E-state index contributed by atoms with van der Waals surface area (Å²) in [5.41, 5.74) is 8.26. The fraction of sp³-hybridized carbons (Fsp3) is 0.429. The third-order valence-corrected chi connectivity index (χ3v) is 5.62. The second kappa shape index (κ2) is 7.29. The first-order valence-corrected chi connectivity index (χ1v) is 9.27. The molecule has 2 unspecified atom stereocenters. The van der Waals surface area contributed by atoms with Crippen LogP contribution < -0.4 is 16.0 Å². The molecule has 4 N–H and O–H groups in total. The molecule has 0 aliphatic heterocycles. The van der Waals surface area contributed by atoms with E-state index < -0.39 is 5.54 Å². The van der Waals surface area contributed by atoms with Gasteiger partial charge in [-0.2, -0.15) is 0 Å². The SMILES string of the molecule is CN(C)C(C)(C)C(=N)n1cc(OC2CCC(N)c3ccccc32)ccc1=N. The maximum atomic E-state index is 8.59. The summed E-state index contributed by atoms with van der Waals surface area (Å²) < 4.78 is 7.86. The summed E-state index contributed by atoms with van der Waals surface area (Å²) in [6, 6.07) is 11.7. The molecule has 1 aromatic carbocycles. The number of benzene rings is 1. The molecular formula is C21H29N5O. The highest BCUT2D eigenvalue weighted by molar-refractivity contribution is 5.90. The molecule has 0 bridgehead atoms. The number of likely N-dealkylation sites (N-methyl/N-ethyl adjacent to an activating group) is 1. The molecule has 3 rings (SSSR count). The Morgan fingerprint density at radius 3 is 2.48 bits per heavy atom. The van der Waals surface area contributed by atoms with Crippen molar-refractivity contribution in [1.82, 2.24) is 9.47 Å². The van der Waals surface area contributed by atoms with E-state index in [-0.39, 0.29) is 17.6 Å². The normalized spacial score (nSPS) is 19.6. The van der Waals surface area contributed by atoms with Crippen LogP contribution in [0.5, 0.6) is 5.75 Å². The van der Waals surface area contributed by atoms with Gasteiger partial charge in [0.15, 0.2) is 0 Å². The first-order valence-electron chi connectivity index (χ1n) is 9.27. The van der Waals surface area contributed by atoms with Gasteiger partial charge in [-0.3, -0.25) is 20.3 Å². The molecule has 0 spiro atoms. The van der Waals surface area contributed by atoms with E-state index in [1.54, 1.807) is 22.9 Å². The topological polar surface area (TPSA) is 91.1 Å². The van der Waals surface area contributed by atoms with Crippen LogP contribution in [-0.2, 0) is 0 Å². The van der Waals surface area contributed by atoms with Crippen LogP contribution in [0, 0.1) is 10.8 Å². The van der Waals surface area contributed by atoms with Crippen molar-refractivity contribution in [2.75, 3.05) is 14.1 Å². The number of hydrogen-bond donors (Lipinski definition) is 3. The molecule has 0 fully saturated rings. The van der Waals surface area contributed by atoms with Gasteiger partial charge in [-0.15, -0.1) is 0 Å². The number of pyridine rings is 1. The van der Waals surface area contributed by atoms with Crippen molar-refractivity contribution >= 4 is 5.84 Å². The molecular weight excluding hydrogens is 338 g/mol. The van der Waals surface area contributed by atoms with Crippen molar-refractivity contribution in [3.05, 3.63) is 59.2 Å². The van der Waals surface area contributed by atoms with E-state index in [2.05, 4.69) is 12.1 Å². The van der Waals surface area contributed by atoms with Gasteiger partial charge in [-0.25, -0.2) is 0 Å². The van der Waals surface area contributed by atoms with Crippen molar-refractivity contribution in [3.8, 4) is 5.75 Å². The maximum absolute atomic E-state index is 8.59. The molecule has 1 aliphatic rings. The fourth-order valence-electron chi connectivity index (χ4n) is 3.31. The molecule has 1 aromatic heterocycles. The number of ether oxygens (including phenoxy) is 1. The second-order valence-electron chi connectivity index (χ2n) is 7.84. The van der Waals surface area contributed by atoms with Gasteiger partial charge in [0.2, 0.25) is 0 Å². The van der Waals surface area contributed by atoms with Crippen molar-refractivity contribution in [2.45, 2.75) is 44.4 Å². The van der Waals surface area contributed by atoms with Gasteiger partial charge < -0.3 is 10.5 Å². The molecule has 2 aromatic rings. The van der Waals surface area contributed by atoms with Crippen molar-refractivity contribution in [2.24, 2.45) is 5.73 Å². The third-order valence-electron chi connectivity index (χ3n) is 5.62. The van der Waals surface area contributed by atoms with Crippen molar-refractivity contribution in [1.29, 1.82) is 10.8 Å². The van der Waals surface area contributed by atoms with Gasteiger partial charge in [0.05, 0.1) is 11.7 Å². The zero-order chi connectivity index (χ0) is 19.8. The summed E-state index contributed by atoms with van der Waals surface area (Å²) in [5.74, 6) is 0.981. The predicted molar refractivity (Wildman–Crippen MR) is 107 cm³/mol. The molecule has 0 amide bonds. The van der Waals surface area contributed by atoms with E-state index in [1.165, 1.54) is 0 Å². The van der Waals surface area contributed by atoms with Crippen LogP contribution in [0.3, 0.4) is 0 Å². The Kier molecular flexibility index (Phi) is 5.22. The molecule has 144 valence electrons. The van der Waals surface area contributed by atoms with Gasteiger partial charge in [-0.1, -0.05) is 24.3 Å². The van der Waals surface area contributed by atoms with Gasteiger partial charge >= 0.3 is 0 Å². The van der Waals surface area contributed by atoms with E-state index in [9.17, 15) is 0 Å². The van der Waals surface area contributed by atoms with Crippen LogP contribution in [0.1, 0.15) is 50.0 Å². The minimum Gasteiger partial charge on any atom is -0.484 e. The van der Waals surface area contributed by atoms with E-state index in [4.69, 9.17) is 21.3 Å². The number of aromatic nitrogens is 1. The monoisotopic (exact) mass is 367 g/mol. The summed E-state index contributed by atoms with van der Waals surface area (Å²) in [7, 11) is 3.86. The fourth-order valence-corrected chi connectivity index (χ4v) is 3.31. The van der Waals surface area contributed by atoms with Crippen molar-refractivity contribution in [3.63, 3.8) is 0 Å². The number of nitrogens with zero attached hydrogens (tertiary/aromatic N) is 2. The average molecular weight is 367 g/mol. The molecule has 1 heterocycles. The third kappa shape index (κ3) is 3.68. The van der Waals surface area contributed by atoms with Gasteiger partial charge in [0, 0.05) is 6.04 Å². The highest BCUT2D eigenvalue weighted by Gasteiger charge is 2.29. The van der Waals surface area contributed by atoms with E-state index >= 15 is 0 Å². The van der Waals surface area contributed by atoms with E-state index in [0.717, 1.165) is 24.0 Å². The Balaban J connectivity index is 1.91. The van der Waals surface area contributed by atoms with Crippen LogP contribution in [0.25, 0.3) is 0 Å². The lowest BCUT2D eigenvalue weighted by molar-refractivity contribution is 0.176. The molecule has 0 saturated heterocycles. The lowest BCUT2D eigenvalue weighted by Crippen LogP contribution is -2.50. The summed E-state index contributed by atoms with van der Waals surface area (Å²) >= 11 is 0.